The molecule has 0 saturated carbocycles. The summed E-state index contributed by atoms with van der Waals surface area (Å²) in [6, 6.07) is 5.90. The molecule has 1 nitrogen and oxygen atoms in total. The van der Waals surface area contributed by atoms with Gasteiger partial charge >= 0.3 is 6.18 Å². The largest absolute Gasteiger partial charge is 0.416 e. The lowest BCUT2D eigenvalue weighted by Crippen LogP contribution is -2.12. The molecule has 0 saturated heterocycles. The van der Waals surface area contributed by atoms with Crippen molar-refractivity contribution in [3.8, 4) is 0 Å². The summed E-state index contributed by atoms with van der Waals surface area (Å²) >= 11 is 5.77. The van der Waals surface area contributed by atoms with Gasteiger partial charge in [0.05, 0.1) is 16.3 Å². The van der Waals surface area contributed by atoms with Gasteiger partial charge in [-0.3, -0.25) is 0 Å². The van der Waals surface area contributed by atoms with Crippen LogP contribution in [0.2, 0.25) is 5.02 Å². The molecule has 1 N–H and O–H groups in total. The highest BCUT2D eigenvalue weighted by atomic mass is 35.5. The molecule has 2 aromatic carbocycles. The number of hydrogen-bond acceptors (Lipinski definition) is 1. The van der Waals surface area contributed by atoms with Crippen molar-refractivity contribution in [2.45, 2.75) is 12.7 Å². The molecule has 2 rings (SSSR count). The van der Waals surface area contributed by atoms with E-state index in [2.05, 4.69) is 5.32 Å². The first kappa shape index (κ1) is 15.6. The summed E-state index contributed by atoms with van der Waals surface area (Å²) in [7, 11) is 0. The van der Waals surface area contributed by atoms with Gasteiger partial charge in [-0.05, 0) is 35.9 Å². The van der Waals surface area contributed by atoms with Crippen LogP contribution >= 0.6 is 11.6 Å². The Morgan fingerprint density at radius 1 is 0.952 bits per heavy atom. The first-order chi connectivity index (χ1) is 9.77. The lowest BCUT2D eigenvalue weighted by atomic mass is 10.1. The number of benzene rings is 2. The molecule has 0 heterocycles. The van der Waals surface area contributed by atoms with Crippen LogP contribution < -0.4 is 5.32 Å². The zero-order valence-corrected chi connectivity index (χ0v) is 11.2. The van der Waals surface area contributed by atoms with Gasteiger partial charge in [-0.2, -0.15) is 13.2 Å². The zero-order valence-electron chi connectivity index (χ0n) is 10.4. The predicted molar refractivity (Wildman–Crippen MR) is 70.1 cm³/mol. The van der Waals surface area contributed by atoms with Crippen LogP contribution in [0.4, 0.5) is 27.6 Å². The van der Waals surface area contributed by atoms with Crippen molar-refractivity contribution in [3.63, 3.8) is 0 Å². The van der Waals surface area contributed by atoms with E-state index in [1.165, 1.54) is 6.07 Å². The molecule has 0 amide bonds. The monoisotopic (exact) mass is 321 g/mol. The van der Waals surface area contributed by atoms with Gasteiger partial charge < -0.3 is 5.32 Å². The lowest BCUT2D eigenvalue weighted by molar-refractivity contribution is -0.138. The van der Waals surface area contributed by atoms with E-state index in [9.17, 15) is 22.0 Å². The Balaban J connectivity index is 2.24. The molecule has 0 aliphatic heterocycles. The highest BCUT2D eigenvalue weighted by Crippen LogP contribution is 2.33. The van der Waals surface area contributed by atoms with Gasteiger partial charge in [-0.15, -0.1) is 0 Å². The van der Waals surface area contributed by atoms with E-state index in [0.29, 0.717) is 6.07 Å². The normalized spacial score (nSPS) is 11.5. The SMILES string of the molecule is Fc1ccc(NCc2ccc(F)cc2C(F)(F)F)c(Cl)c1. The van der Waals surface area contributed by atoms with Crippen LogP contribution in [0.1, 0.15) is 11.1 Å². The van der Waals surface area contributed by atoms with Gasteiger partial charge in [0.1, 0.15) is 11.6 Å². The Bertz CT molecular complexity index is 654. The number of hydrogen-bond donors (Lipinski definition) is 1. The van der Waals surface area contributed by atoms with E-state index in [1.807, 2.05) is 0 Å². The third-order valence-electron chi connectivity index (χ3n) is 2.78. The molecule has 0 aliphatic carbocycles. The van der Waals surface area contributed by atoms with Crippen molar-refractivity contribution in [1.29, 1.82) is 0 Å². The summed E-state index contributed by atoms with van der Waals surface area (Å²) in [6.07, 6.45) is -4.66. The minimum absolute atomic E-state index is 0.0469. The fourth-order valence-electron chi connectivity index (χ4n) is 1.79. The van der Waals surface area contributed by atoms with E-state index in [4.69, 9.17) is 11.6 Å². The van der Waals surface area contributed by atoms with Crippen LogP contribution in [0.15, 0.2) is 36.4 Å². The number of anilines is 1. The second kappa shape index (κ2) is 5.89. The lowest BCUT2D eigenvalue weighted by Gasteiger charge is -2.14. The highest BCUT2D eigenvalue weighted by Gasteiger charge is 2.33. The molecule has 21 heavy (non-hydrogen) atoms. The minimum atomic E-state index is -4.66. The third-order valence-corrected chi connectivity index (χ3v) is 3.09. The first-order valence-electron chi connectivity index (χ1n) is 5.82. The molecular formula is C14H9ClF5N. The van der Waals surface area contributed by atoms with Crippen molar-refractivity contribution < 1.29 is 22.0 Å². The van der Waals surface area contributed by atoms with E-state index in [0.717, 1.165) is 24.3 Å². The van der Waals surface area contributed by atoms with Crippen molar-refractivity contribution in [3.05, 3.63) is 64.2 Å². The van der Waals surface area contributed by atoms with Gasteiger partial charge in [0.25, 0.3) is 0 Å². The number of rotatable bonds is 3. The Labute approximate surface area is 122 Å². The summed E-state index contributed by atoms with van der Waals surface area (Å²) < 4.78 is 64.3. The molecule has 0 aromatic heterocycles. The summed E-state index contributed by atoms with van der Waals surface area (Å²) in [5, 5.41) is 2.71. The molecule has 0 unspecified atom stereocenters. The number of alkyl halides is 3. The van der Waals surface area contributed by atoms with Crippen molar-refractivity contribution >= 4 is 17.3 Å². The molecular weight excluding hydrogens is 313 g/mol. The molecule has 112 valence electrons. The van der Waals surface area contributed by atoms with Crippen molar-refractivity contribution in [2.75, 3.05) is 5.32 Å². The quantitative estimate of drug-likeness (QED) is 0.761. The smallest absolute Gasteiger partial charge is 0.380 e. The zero-order chi connectivity index (χ0) is 15.6. The van der Waals surface area contributed by atoms with E-state index in [-0.39, 0.29) is 22.8 Å². The summed E-state index contributed by atoms with van der Waals surface area (Å²) in [5.74, 6) is -1.52. The van der Waals surface area contributed by atoms with Crippen molar-refractivity contribution in [1.82, 2.24) is 0 Å². The second-order valence-electron chi connectivity index (χ2n) is 4.28. The molecule has 0 radical (unpaired) electrons. The maximum atomic E-state index is 13.0. The molecule has 0 spiro atoms. The third kappa shape index (κ3) is 3.85. The number of halogens is 6. The van der Waals surface area contributed by atoms with Crippen LogP contribution in [0.3, 0.4) is 0 Å². The molecule has 2 aromatic rings. The fourth-order valence-corrected chi connectivity index (χ4v) is 2.02. The summed E-state index contributed by atoms with van der Waals surface area (Å²) in [4.78, 5) is 0. The Kier molecular flexibility index (Phi) is 4.37. The van der Waals surface area contributed by atoms with E-state index in [1.54, 1.807) is 0 Å². The highest BCUT2D eigenvalue weighted by molar-refractivity contribution is 6.33. The molecule has 0 atom stereocenters. The minimum Gasteiger partial charge on any atom is -0.380 e. The summed E-state index contributed by atoms with van der Waals surface area (Å²) in [5.41, 5.74) is -0.909. The van der Waals surface area contributed by atoms with Gasteiger partial charge in [-0.25, -0.2) is 8.78 Å². The van der Waals surface area contributed by atoms with Gasteiger partial charge in [0.15, 0.2) is 0 Å². The maximum Gasteiger partial charge on any atom is 0.416 e. The van der Waals surface area contributed by atoms with Crippen LogP contribution in [0, 0.1) is 11.6 Å². The topological polar surface area (TPSA) is 12.0 Å². The predicted octanol–water partition coefficient (Wildman–Crippen LogP) is 5.25. The number of nitrogens with one attached hydrogen (secondary N) is 1. The Morgan fingerprint density at radius 3 is 2.19 bits per heavy atom. The first-order valence-corrected chi connectivity index (χ1v) is 6.20. The Hall–Kier alpha value is -1.82. The van der Waals surface area contributed by atoms with Crippen LogP contribution in [0.5, 0.6) is 0 Å². The Morgan fingerprint density at radius 2 is 1.57 bits per heavy atom. The maximum absolute atomic E-state index is 13.0. The van der Waals surface area contributed by atoms with Crippen LogP contribution in [-0.2, 0) is 12.7 Å². The summed E-state index contributed by atoms with van der Waals surface area (Å²) in [6.45, 7) is -0.222. The van der Waals surface area contributed by atoms with E-state index >= 15 is 0 Å². The average molecular weight is 322 g/mol. The van der Waals surface area contributed by atoms with Gasteiger partial charge in [0.2, 0.25) is 0 Å². The van der Waals surface area contributed by atoms with Gasteiger partial charge in [0, 0.05) is 6.54 Å². The molecule has 0 bridgehead atoms. The molecule has 0 aliphatic rings. The van der Waals surface area contributed by atoms with Crippen LogP contribution in [-0.4, -0.2) is 0 Å². The second-order valence-corrected chi connectivity index (χ2v) is 4.68. The standard InChI is InChI=1S/C14H9ClF5N/c15-12-6-10(17)3-4-13(12)21-7-8-1-2-9(16)5-11(8)14(18,19)20/h1-6,21H,7H2. The van der Waals surface area contributed by atoms with Crippen molar-refractivity contribution in [2.24, 2.45) is 0 Å². The van der Waals surface area contributed by atoms with Gasteiger partial charge in [-0.1, -0.05) is 17.7 Å². The van der Waals surface area contributed by atoms with E-state index < -0.39 is 23.4 Å². The fraction of sp³-hybridized carbons (Fsp3) is 0.143. The average Bonchev–Trinajstić information content (AvgIpc) is 2.38. The van der Waals surface area contributed by atoms with Crippen LogP contribution in [0.25, 0.3) is 0 Å². The molecule has 0 fully saturated rings. The molecule has 7 heteroatoms.